The molecule has 0 unspecified atom stereocenters. The van der Waals surface area contributed by atoms with E-state index in [0.717, 1.165) is 0 Å². The van der Waals surface area contributed by atoms with Gasteiger partial charge in [-0.15, -0.1) is 0 Å². The quantitative estimate of drug-likeness (QED) is 0.895. The maximum Gasteiger partial charge on any atom is 0.255 e. The van der Waals surface area contributed by atoms with E-state index in [9.17, 15) is 9.59 Å². The highest BCUT2D eigenvalue weighted by Gasteiger charge is 2.19. The summed E-state index contributed by atoms with van der Waals surface area (Å²) in [7, 11) is 0. The Hall–Kier alpha value is -2.38. The zero-order valence-corrected chi connectivity index (χ0v) is 14.6. The van der Waals surface area contributed by atoms with Crippen molar-refractivity contribution in [1.29, 1.82) is 0 Å². The average Bonchev–Trinajstić information content (AvgIpc) is 2.60. The van der Waals surface area contributed by atoms with Crippen LogP contribution in [-0.2, 0) is 16.1 Å². The molecule has 0 spiro atoms. The maximum absolute atomic E-state index is 12.4. The zero-order chi connectivity index (χ0) is 17.8. The Morgan fingerprint density at radius 2 is 2.04 bits per heavy atom. The van der Waals surface area contributed by atoms with Crippen LogP contribution in [0.15, 0.2) is 35.1 Å². The van der Waals surface area contributed by atoms with Crippen molar-refractivity contribution >= 4 is 29.1 Å². The minimum atomic E-state index is -0.338. The molecule has 1 N–H and O–H groups in total. The summed E-state index contributed by atoms with van der Waals surface area (Å²) >= 11 is 6.06. The second kappa shape index (κ2) is 7.67. The van der Waals surface area contributed by atoms with Crippen molar-refractivity contribution in [3.05, 3.63) is 51.4 Å². The topological polar surface area (TPSA) is 76.5 Å². The number of para-hydroxylation sites is 1. The number of carbonyl (C=O) groups excluding carboxylic acids is 1. The van der Waals surface area contributed by atoms with Crippen LogP contribution in [-0.4, -0.2) is 41.8 Å². The first-order chi connectivity index (χ1) is 12.0. The molecule has 1 aromatic heterocycles. The van der Waals surface area contributed by atoms with Crippen LogP contribution in [0, 0.1) is 6.92 Å². The summed E-state index contributed by atoms with van der Waals surface area (Å²) in [4.78, 5) is 31.2. The number of aryl methyl sites for hydroxylation is 1. The number of halogens is 1. The molecule has 1 fully saturated rings. The molecule has 1 amide bonds. The number of anilines is 2. The number of nitrogens with zero attached hydrogens (tertiary/aromatic N) is 3. The molecule has 2 heterocycles. The van der Waals surface area contributed by atoms with Crippen molar-refractivity contribution < 1.29 is 9.53 Å². The van der Waals surface area contributed by atoms with Crippen LogP contribution in [0.4, 0.5) is 11.6 Å². The van der Waals surface area contributed by atoms with Gasteiger partial charge in [0.15, 0.2) is 0 Å². The lowest BCUT2D eigenvalue weighted by Gasteiger charge is -2.29. The highest BCUT2D eigenvalue weighted by Crippen LogP contribution is 2.20. The van der Waals surface area contributed by atoms with Gasteiger partial charge in [-0.2, -0.15) is 0 Å². The molecule has 0 atom stereocenters. The van der Waals surface area contributed by atoms with Crippen molar-refractivity contribution in [2.75, 3.05) is 36.5 Å². The van der Waals surface area contributed by atoms with Gasteiger partial charge in [0, 0.05) is 24.8 Å². The van der Waals surface area contributed by atoms with Crippen molar-refractivity contribution in [2.24, 2.45) is 0 Å². The number of amides is 1. The van der Waals surface area contributed by atoms with E-state index in [1.54, 1.807) is 31.2 Å². The molecule has 3 rings (SSSR count). The first-order valence-corrected chi connectivity index (χ1v) is 8.38. The van der Waals surface area contributed by atoms with Crippen molar-refractivity contribution in [3.63, 3.8) is 0 Å². The van der Waals surface area contributed by atoms with Gasteiger partial charge in [0.25, 0.3) is 5.56 Å². The summed E-state index contributed by atoms with van der Waals surface area (Å²) in [5.74, 6) is 0.151. The molecule has 7 nitrogen and oxygen atoms in total. The molecule has 1 saturated heterocycles. The van der Waals surface area contributed by atoms with Gasteiger partial charge >= 0.3 is 0 Å². The molecule has 25 heavy (non-hydrogen) atoms. The first kappa shape index (κ1) is 17.4. The summed E-state index contributed by atoms with van der Waals surface area (Å²) in [5, 5.41) is 3.17. The van der Waals surface area contributed by atoms with E-state index in [0.29, 0.717) is 48.7 Å². The fourth-order valence-electron chi connectivity index (χ4n) is 2.65. The average molecular weight is 363 g/mol. The van der Waals surface area contributed by atoms with E-state index in [-0.39, 0.29) is 18.0 Å². The number of morpholine rings is 1. The predicted octanol–water partition coefficient (Wildman–Crippen LogP) is 1.68. The number of carbonyl (C=O) groups is 1. The van der Waals surface area contributed by atoms with Crippen molar-refractivity contribution in [2.45, 2.75) is 13.5 Å². The molecule has 0 radical (unpaired) electrons. The number of hydrogen-bond donors (Lipinski definition) is 1. The number of benzene rings is 1. The summed E-state index contributed by atoms with van der Waals surface area (Å²) in [6, 6.07) is 8.38. The van der Waals surface area contributed by atoms with Crippen molar-refractivity contribution in [3.8, 4) is 0 Å². The Kier molecular flexibility index (Phi) is 5.35. The normalized spacial score (nSPS) is 14.4. The molecule has 0 bridgehead atoms. The van der Waals surface area contributed by atoms with E-state index >= 15 is 0 Å². The predicted molar refractivity (Wildman–Crippen MR) is 96.3 cm³/mol. The van der Waals surface area contributed by atoms with Crippen LogP contribution in [0.3, 0.4) is 0 Å². The third-order valence-electron chi connectivity index (χ3n) is 3.86. The summed E-state index contributed by atoms with van der Waals surface area (Å²) in [6.45, 7) is 4.01. The third-order valence-corrected chi connectivity index (χ3v) is 4.19. The summed E-state index contributed by atoms with van der Waals surface area (Å²) in [5.41, 5.74) is 0.868. The summed E-state index contributed by atoms with van der Waals surface area (Å²) in [6.07, 6.45) is 0. The van der Waals surface area contributed by atoms with Gasteiger partial charge in [-0.25, -0.2) is 4.98 Å². The minimum Gasteiger partial charge on any atom is -0.378 e. The number of hydrogen-bond acceptors (Lipinski definition) is 5. The van der Waals surface area contributed by atoms with Gasteiger partial charge in [0.2, 0.25) is 11.9 Å². The highest BCUT2D eigenvalue weighted by molar-refractivity contribution is 6.33. The Morgan fingerprint density at radius 1 is 1.32 bits per heavy atom. The lowest BCUT2D eigenvalue weighted by Crippen LogP contribution is -2.41. The van der Waals surface area contributed by atoms with Gasteiger partial charge in [0.1, 0.15) is 6.54 Å². The molecule has 1 aromatic carbocycles. The zero-order valence-electron chi connectivity index (χ0n) is 13.9. The second-order valence-electron chi connectivity index (χ2n) is 5.75. The van der Waals surface area contributed by atoms with Crippen LogP contribution in [0.1, 0.15) is 5.69 Å². The van der Waals surface area contributed by atoms with Crippen LogP contribution in [0.5, 0.6) is 0 Å². The largest absolute Gasteiger partial charge is 0.378 e. The van der Waals surface area contributed by atoms with E-state index < -0.39 is 0 Å². The third kappa shape index (κ3) is 4.18. The molecule has 2 aromatic rings. The molecule has 132 valence electrons. The molecule has 1 aliphatic heterocycles. The number of rotatable bonds is 4. The van der Waals surface area contributed by atoms with Gasteiger partial charge in [-0.05, 0) is 19.1 Å². The molecule has 8 heteroatoms. The molecule has 0 aliphatic carbocycles. The van der Waals surface area contributed by atoms with Crippen LogP contribution >= 0.6 is 11.6 Å². The summed E-state index contributed by atoms with van der Waals surface area (Å²) < 4.78 is 6.72. The molecule has 0 saturated carbocycles. The Labute approximate surface area is 150 Å². The highest BCUT2D eigenvalue weighted by atomic mass is 35.5. The standard InChI is InChI=1S/C17H19ClN4O3/c1-12-10-16(24)22(17(19-12)21-6-8-25-9-7-21)11-15(23)20-14-5-3-2-4-13(14)18/h2-5,10H,6-9,11H2,1H3,(H,20,23). The molecular formula is C17H19ClN4O3. The molecule has 1 aliphatic rings. The van der Waals surface area contributed by atoms with E-state index in [4.69, 9.17) is 16.3 Å². The fourth-order valence-corrected chi connectivity index (χ4v) is 2.84. The van der Waals surface area contributed by atoms with Gasteiger partial charge < -0.3 is 15.0 Å². The molecular weight excluding hydrogens is 344 g/mol. The lowest BCUT2D eigenvalue weighted by atomic mass is 10.3. The smallest absolute Gasteiger partial charge is 0.255 e. The van der Waals surface area contributed by atoms with Gasteiger partial charge in [0.05, 0.1) is 23.9 Å². The number of aromatic nitrogens is 2. The SMILES string of the molecule is Cc1cc(=O)n(CC(=O)Nc2ccccc2Cl)c(N2CCOCC2)n1. The minimum absolute atomic E-state index is 0.135. The number of nitrogens with one attached hydrogen (secondary N) is 1. The lowest BCUT2D eigenvalue weighted by molar-refractivity contribution is -0.116. The van der Waals surface area contributed by atoms with Gasteiger partial charge in [-0.3, -0.25) is 14.2 Å². The number of ether oxygens (including phenoxy) is 1. The first-order valence-electron chi connectivity index (χ1n) is 8.00. The monoisotopic (exact) mass is 362 g/mol. The van der Waals surface area contributed by atoms with Crippen LogP contribution < -0.4 is 15.8 Å². The Balaban J connectivity index is 1.85. The van der Waals surface area contributed by atoms with Crippen molar-refractivity contribution in [1.82, 2.24) is 9.55 Å². The Bertz CT molecular complexity index is 831. The van der Waals surface area contributed by atoms with Crippen LogP contribution in [0.25, 0.3) is 0 Å². The fraction of sp³-hybridized carbons (Fsp3) is 0.353. The maximum atomic E-state index is 12.4. The Morgan fingerprint density at radius 3 is 2.76 bits per heavy atom. The van der Waals surface area contributed by atoms with E-state index in [1.807, 2.05) is 4.90 Å². The van der Waals surface area contributed by atoms with E-state index in [1.165, 1.54) is 10.6 Å². The van der Waals surface area contributed by atoms with Gasteiger partial charge in [-0.1, -0.05) is 23.7 Å². The van der Waals surface area contributed by atoms with Crippen LogP contribution in [0.2, 0.25) is 5.02 Å². The second-order valence-corrected chi connectivity index (χ2v) is 6.16. The van der Waals surface area contributed by atoms with E-state index in [2.05, 4.69) is 10.3 Å².